The molecule has 0 radical (unpaired) electrons. The van der Waals surface area contributed by atoms with Crippen molar-refractivity contribution in [1.82, 2.24) is 15.0 Å². The van der Waals surface area contributed by atoms with E-state index in [0.717, 1.165) is 22.4 Å². The standard InChI is InChI=1S/C20H21N3O2/c1-13-6-5-7-17(10-13)12-25-20(24)19-16(4)23(22-21-19)18-9-8-14(2)15(3)11-18/h5-11H,12H2,1-4H3. The fourth-order valence-electron chi connectivity index (χ4n) is 2.64. The summed E-state index contributed by atoms with van der Waals surface area (Å²) in [4.78, 5) is 12.4. The van der Waals surface area contributed by atoms with Crippen LogP contribution in [0.2, 0.25) is 0 Å². The average Bonchev–Trinajstić information content (AvgIpc) is 2.97. The molecule has 0 bridgehead atoms. The van der Waals surface area contributed by atoms with E-state index in [1.807, 2.05) is 63.2 Å². The molecule has 0 aliphatic heterocycles. The van der Waals surface area contributed by atoms with E-state index in [0.29, 0.717) is 5.69 Å². The fraction of sp³-hybridized carbons (Fsp3) is 0.250. The van der Waals surface area contributed by atoms with Gasteiger partial charge >= 0.3 is 5.97 Å². The van der Waals surface area contributed by atoms with Crippen LogP contribution in [0.25, 0.3) is 5.69 Å². The third-order valence-electron chi connectivity index (χ3n) is 4.28. The summed E-state index contributed by atoms with van der Waals surface area (Å²) in [5.41, 5.74) is 6.24. The Morgan fingerprint density at radius 3 is 2.56 bits per heavy atom. The van der Waals surface area contributed by atoms with Gasteiger partial charge in [-0.3, -0.25) is 0 Å². The summed E-state index contributed by atoms with van der Waals surface area (Å²) < 4.78 is 7.05. The maximum absolute atomic E-state index is 12.4. The second kappa shape index (κ2) is 6.89. The molecule has 0 atom stereocenters. The van der Waals surface area contributed by atoms with Gasteiger partial charge in [-0.1, -0.05) is 41.1 Å². The number of aromatic nitrogens is 3. The van der Waals surface area contributed by atoms with Gasteiger partial charge in [0.15, 0.2) is 5.69 Å². The first-order valence-corrected chi connectivity index (χ1v) is 8.18. The highest BCUT2D eigenvalue weighted by Crippen LogP contribution is 2.17. The van der Waals surface area contributed by atoms with Crippen LogP contribution in [-0.4, -0.2) is 21.0 Å². The number of carbonyl (C=O) groups is 1. The lowest BCUT2D eigenvalue weighted by atomic mass is 10.1. The first-order chi connectivity index (χ1) is 12.0. The molecule has 0 spiro atoms. The topological polar surface area (TPSA) is 57.0 Å². The predicted molar refractivity (Wildman–Crippen MR) is 95.9 cm³/mol. The van der Waals surface area contributed by atoms with E-state index in [9.17, 15) is 4.79 Å². The molecule has 0 unspecified atom stereocenters. The molecular formula is C20H21N3O2. The Kier molecular flexibility index (Phi) is 4.65. The highest BCUT2D eigenvalue weighted by Gasteiger charge is 2.19. The molecule has 0 saturated carbocycles. The third kappa shape index (κ3) is 3.60. The molecular weight excluding hydrogens is 314 g/mol. The molecule has 25 heavy (non-hydrogen) atoms. The summed E-state index contributed by atoms with van der Waals surface area (Å²) in [6.45, 7) is 8.14. The van der Waals surface area contributed by atoms with E-state index in [1.165, 1.54) is 5.56 Å². The Hall–Kier alpha value is -2.95. The van der Waals surface area contributed by atoms with Crippen molar-refractivity contribution in [2.75, 3.05) is 0 Å². The summed E-state index contributed by atoms with van der Waals surface area (Å²) in [6.07, 6.45) is 0. The molecule has 0 N–H and O–H groups in total. The lowest BCUT2D eigenvalue weighted by Crippen LogP contribution is -2.08. The highest BCUT2D eigenvalue weighted by molar-refractivity contribution is 5.88. The number of benzene rings is 2. The van der Waals surface area contributed by atoms with Crippen LogP contribution in [0.3, 0.4) is 0 Å². The van der Waals surface area contributed by atoms with Gasteiger partial charge in [-0.05, 0) is 56.5 Å². The van der Waals surface area contributed by atoms with Gasteiger partial charge < -0.3 is 4.74 Å². The molecule has 0 aliphatic carbocycles. The maximum Gasteiger partial charge on any atom is 0.361 e. The molecule has 1 aromatic heterocycles. The number of esters is 1. The van der Waals surface area contributed by atoms with Crippen LogP contribution in [0.5, 0.6) is 0 Å². The normalized spacial score (nSPS) is 10.7. The van der Waals surface area contributed by atoms with Crippen molar-refractivity contribution < 1.29 is 9.53 Å². The van der Waals surface area contributed by atoms with Gasteiger partial charge in [0.05, 0.1) is 11.4 Å². The smallest absolute Gasteiger partial charge is 0.361 e. The highest BCUT2D eigenvalue weighted by atomic mass is 16.5. The number of carbonyl (C=O) groups excluding carboxylic acids is 1. The van der Waals surface area contributed by atoms with Crippen molar-refractivity contribution in [3.05, 3.63) is 76.1 Å². The van der Waals surface area contributed by atoms with E-state index in [4.69, 9.17) is 4.74 Å². The first kappa shape index (κ1) is 16.9. The zero-order valence-electron chi connectivity index (χ0n) is 14.9. The van der Waals surface area contributed by atoms with E-state index in [1.54, 1.807) is 4.68 Å². The number of nitrogens with zero attached hydrogens (tertiary/aromatic N) is 3. The van der Waals surface area contributed by atoms with Crippen molar-refractivity contribution in [3.8, 4) is 5.69 Å². The largest absolute Gasteiger partial charge is 0.456 e. The number of hydrogen-bond donors (Lipinski definition) is 0. The van der Waals surface area contributed by atoms with Crippen molar-refractivity contribution in [2.45, 2.75) is 34.3 Å². The SMILES string of the molecule is Cc1cccc(COC(=O)c2nnn(-c3ccc(C)c(C)c3)c2C)c1. The summed E-state index contributed by atoms with van der Waals surface area (Å²) in [5.74, 6) is -0.464. The van der Waals surface area contributed by atoms with Crippen LogP contribution in [0.15, 0.2) is 42.5 Å². The van der Waals surface area contributed by atoms with Gasteiger partial charge in [-0.15, -0.1) is 5.10 Å². The Bertz CT molecular complexity index is 928. The Morgan fingerprint density at radius 1 is 1.04 bits per heavy atom. The molecule has 0 amide bonds. The van der Waals surface area contributed by atoms with Crippen molar-refractivity contribution in [1.29, 1.82) is 0 Å². The van der Waals surface area contributed by atoms with E-state index in [-0.39, 0.29) is 12.3 Å². The minimum absolute atomic E-state index is 0.219. The number of rotatable bonds is 4. The summed E-state index contributed by atoms with van der Waals surface area (Å²) in [7, 11) is 0. The van der Waals surface area contributed by atoms with Crippen molar-refractivity contribution in [3.63, 3.8) is 0 Å². The molecule has 3 aromatic rings. The van der Waals surface area contributed by atoms with Crippen LogP contribution in [-0.2, 0) is 11.3 Å². The molecule has 0 aliphatic rings. The minimum Gasteiger partial charge on any atom is -0.456 e. The summed E-state index contributed by atoms with van der Waals surface area (Å²) in [5, 5.41) is 8.13. The summed E-state index contributed by atoms with van der Waals surface area (Å²) >= 11 is 0. The maximum atomic E-state index is 12.4. The van der Waals surface area contributed by atoms with Gasteiger partial charge in [0.2, 0.25) is 0 Å². The fourth-order valence-corrected chi connectivity index (χ4v) is 2.64. The lowest BCUT2D eigenvalue weighted by molar-refractivity contribution is 0.0464. The Balaban J connectivity index is 1.78. The molecule has 128 valence electrons. The average molecular weight is 335 g/mol. The van der Waals surface area contributed by atoms with E-state index >= 15 is 0 Å². The molecule has 0 fully saturated rings. The summed E-state index contributed by atoms with van der Waals surface area (Å²) in [6, 6.07) is 13.9. The zero-order valence-corrected chi connectivity index (χ0v) is 14.9. The van der Waals surface area contributed by atoms with Crippen LogP contribution in [0.1, 0.15) is 38.4 Å². The van der Waals surface area contributed by atoms with Crippen LogP contribution >= 0.6 is 0 Å². The molecule has 1 heterocycles. The second-order valence-corrected chi connectivity index (χ2v) is 6.27. The van der Waals surface area contributed by atoms with Crippen molar-refractivity contribution in [2.24, 2.45) is 0 Å². The molecule has 5 nitrogen and oxygen atoms in total. The Morgan fingerprint density at radius 2 is 1.84 bits per heavy atom. The minimum atomic E-state index is -0.464. The molecule has 0 saturated heterocycles. The van der Waals surface area contributed by atoms with Gasteiger partial charge in [0.25, 0.3) is 0 Å². The monoisotopic (exact) mass is 335 g/mol. The van der Waals surface area contributed by atoms with Gasteiger partial charge in [0, 0.05) is 0 Å². The Labute approximate surface area is 147 Å². The molecule has 3 rings (SSSR count). The van der Waals surface area contributed by atoms with E-state index < -0.39 is 5.97 Å². The third-order valence-corrected chi connectivity index (χ3v) is 4.28. The molecule has 2 aromatic carbocycles. The number of aryl methyl sites for hydroxylation is 3. The predicted octanol–water partition coefficient (Wildman–Crippen LogP) is 3.86. The first-order valence-electron chi connectivity index (χ1n) is 8.18. The number of hydrogen-bond acceptors (Lipinski definition) is 4. The van der Waals surface area contributed by atoms with Gasteiger partial charge in [-0.2, -0.15) is 0 Å². The van der Waals surface area contributed by atoms with Crippen LogP contribution in [0, 0.1) is 27.7 Å². The van der Waals surface area contributed by atoms with Gasteiger partial charge in [-0.25, -0.2) is 9.48 Å². The van der Waals surface area contributed by atoms with E-state index in [2.05, 4.69) is 17.2 Å². The van der Waals surface area contributed by atoms with Crippen LogP contribution < -0.4 is 0 Å². The molecule has 5 heteroatoms. The zero-order chi connectivity index (χ0) is 18.0. The van der Waals surface area contributed by atoms with Crippen LogP contribution in [0.4, 0.5) is 0 Å². The lowest BCUT2D eigenvalue weighted by Gasteiger charge is -2.07. The quantitative estimate of drug-likeness (QED) is 0.679. The second-order valence-electron chi connectivity index (χ2n) is 6.27. The van der Waals surface area contributed by atoms with Crippen molar-refractivity contribution >= 4 is 5.97 Å². The number of ether oxygens (including phenoxy) is 1. The van der Waals surface area contributed by atoms with Gasteiger partial charge in [0.1, 0.15) is 6.61 Å².